The van der Waals surface area contributed by atoms with Crippen molar-refractivity contribution < 1.29 is 13.2 Å². The van der Waals surface area contributed by atoms with Gasteiger partial charge in [-0.15, -0.1) is 11.8 Å². The number of carbonyl (C=O) groups is 1. The molecule has 0 aromatic heterocycles. The number of carbonyl (C=O) groups excluding carboxylic acids is 1. The van der Waals surface area contributed by atoms with Crippen LogP contribution >= 0.6 is 11.8 Å². The van der Waals surface area contributed by atoms with E-state index in [-0.39, 0.29) is 11.7 Å². The SMILES string of the molecule is CCNC(=O)C(C)NS(=O)(=O)CCSc1ccc(N)cc1. The van der Waals surface area contributed by atoms with E-state index in [0.717, 1.165) is 4.90 Å². The van der Waals surface area contributed by atoms with E-state index in [0.29, 0.717) is 18.0 Å². The maximum Gasteiger partial charge on any atom is 0.237 e. The quantitative estimate of drug-likeness (QED) is 0.483. The molecular weight excluding hydrogens is 310 g/mol. The second kappa shape index (κ2) is 8.26. The molecule has 6 nitrogen and oxygen atoms in total. The number of sulfonamides is 1. The van der Waals surface area contributed by atoms with Crippen LogP contribution in [-0.4, -0.2) is 38.4 Å². The first-order valence-corrected chi connectivity index (χ1v) is 9.24. The number of rotatable bonds is 8. The monoisotopic (exact) mass is 331 g/mol. The van der Waals surface area contributed by atoms with Crippen molar-refractivity contribution in [1.82, 2.24) is 10.0 Å². The maximum atomic E-state index is 11.9. The van der Waals surface area contributed by atoms with Crippen molar-refractivity contribution in [3.05, 3.63) is 24.3 Å². The predicted molar refractivity (Wildman–Crippen MR) is 86.6 cm³/mol. The molecule has 0 bridgehead atoms. The van der Waals surface area contributed by atoms with E-state index in [9.17, 15) is 13.2 Å². The van der Waals surface area contributed by atoms with Gasteiger partial charge in [-0.3, -0.25) is 4.79 Å². The van der Waals surface area contributed by atoms with Crippen molar-refractivity contribution in [1.29, 1.82) is 0 Å². The minimum Gasteiger partial charge on any atom is -0.399 e. The number of thioether (sulfide) groups is 1. The zero-order chi connectivity index (χ0) is 15.9. The van der Waals surface area contributed by atoms with Crippen LogP contribution in [0.3, 0.4) is 0 Å². The van der Waals surface area contributed by atoms with Gasteiger partial charge in [0.15, 0.2) is 0 Å². The van der Waals surface area contributed by atoms with E-state index in [1.165, 1.54) is 18.7 Å². The molecule has 0 saturated carbocycles. The number of nitrogens with two attached hydrogens (primary N) is 1. The standard InChI is InChI=1S/C13H21N3O3S2/c1-3-15-13(17)10(2)16-21(18,19)9-8-20-12-6-4-11(14)5-7-12/h4-7,10,16H,3,8-9,14H2,1-2H3,(H,15,17). The van der Waals surface area contributed by atoms with Crippen molar-refractivity contribution >= 4 is 33.4 Å². The van der Waals surface area contributed by atoms with Crippen LogP contribution < -0.4 is 15.8 Å². The van der Waals surface area contributed by atoms with Crippen molar-refractivity contribution in [2.75, 3.05) is 23.8 Å². The first-order chi connectivity index (χ1) is 9.84. The van der Waals surface area contributed by atoms with E-state index in [1.54, 1.807) is 19.1 Å². The molecule has 0 fully saturated rings. The molecule has 0 heterocycles. The van der Waals surface area contributed by atoms with Gasteiger partial charge in [0.25, 0.3) is 0 Å². The Morgan fingerprint density at radius 3 is 2.52 bits per heavy atom. The van der Waals surface area contributed by atoms with Gasteiger partial charge in [-0.25, -0.2) is 13.1 Å². The predicted octanol–water partition coefficient (Wildman–Crippen LogP) is 0.805. The molecule has 1 aromatic rings. The lowest BCUT2D eigenvalue weighted by atomic mass is 10.3. The van der Waals surface area contributed by atoms with Crippen molar-refractivity contribution in [3.8, 4) is 0 Å². The Labute approximate surface area is 129 Å². The van der Waals surface area contributed by atoms with Crippen molar-refractivity contribution in [2.45, 2.75) is 24.8 Å². The summed E-state index contributed by atoms with van der Waals surface area (Å²) in [6.07, 6.45) is 0. The summed E-state index contributed by atoms with van der Waals surface area (Å²) in [5, 5.41) is 2.57. The maximum absolute atomic E-state index is 11.9. The van der Waals surface area contributed by atoms with Crippen molar-refractivity contribution in [2.24, 2.45) is 0 Å². The largest absolute Gasteiger partial charge is 0.399 e. The molecule has 8 heteroatoms. The van der Waals surface area contributed by atoms with E-state index in [1.807, 2.05) is 12.1 Å². The molecule has 21 heavy (non-hydrogen) atoms. The molecule has 1 unspecified atom stereocenters. The van der Waals surface area contributed by atoms with E-state index < -0.39 is 16.1 Å². The highest BCUT2D eigenvalue weighted by atomic mass is 32.2. The number of nitrogen functional groups attached to an aromatic ring is 1. The number of anilines is 1. The van der Waals surface area contributed by atoms with Crippen LogP contribution in [0, 0.1) is 0 Å². The summed E-state index contributed by atoms with van der Waals surface area (Å²) in [4.78, 5) is 12.4. The topological polar surface area (TPSA) is 101 Å². The third-order valence-corrected chi connectivity index (χ3v) is 5.33. The Bertz CT molecular complexity index is 559. The molecule has 0 spiro atoms. The van der Waals surface area contributed by atoms with Crippen LogP contribution in [0.4, 0.5) is 5.69 Å². The van der Waals surface area contributed by atoms with Gasteiger partial charge in [-0.2, -0.15) is 0 Å². The zero-order valence-corrected chi connectivity index (χ0v) is 13.8. The van der Waals surface area contributed by atoms with Gasteiger partial charge in [-0.1, -0.05) is 0 Å². The summed E-state index contributed by atoms with van der Waals surface area (Å²) in [5.74, 6) is 0.0277. The summed E-state index contributed by atoms with van der Waals surface area (Å²) in [6.45, 7) is 3.77. The number of hydrogen-bond donors (Lipinski definition) is 3. The first kappa shape index (κ1) is 17.8. The molecule has 0 aliphatic rings. The number of likely N-dealkylation sites (N-methyl/N-ethyl adjacent to an activating group) is 1. The van der Waals surface area contributed by atoms with Crippen LogP contribution in [0.2, 0.25) is 0 Å². The highest BCUT2D eigenvalue weighted by Crippen LogP contribution is 2.19. The summed E-state index contributed by atoms with van der Waals surface area (Å²) in [6, 6.07) is 6.46. The lowest BCUT2D eigenvalue weighted by molar-refractivity contribution is -0.122. The van der Waals surface area contributed by atoms with E-state index in [4.69, 9.17) is 5.73 Å². The molecular formula is C13H21N3O3S2. The average molecular weight is 331 g/mol. The van der Waals surface area contributed by atoms with Gasteiger partial charge in [0.05, 0.1) is 11.8 Å². The highest BCUT2D eigenvalue weighted by Gasteiger charge is 2.19. The summed E-state index contributed by atoms with van der Waals surface area (Å²) in [7, 11) is -3.48. The summed E-state index contributed by atoms with van der Waals surface area (Å²) in [5.41, 5.74) is 6.25. The molecule has 0 aliphatic carbocycles. The molecule has 1 rings (SSSR count). The zero-order valence-electron chi connectivity index (χ0n) is 12.1. The molecule has 1 amide bonds. The molecule has 0 aliphatic heterocycles. The normalized spacial score (nSPS) is 12.9. The van der Waals surface area contributed by atoms with Gasteiger partial charge in [0.1, 0.15) is 0 Å². The third kappa shape index (κ3) is 6.83. The van der Waals surface area contributed by atoms with Crippen LogP contribution in [0.25, 0.3) is 0 Å². The van der Waals surface area contributed by atoms with Crippen LogP contribution in [-0.2, 0) is 14.8 Å². The fraction of sp³-hybridized carbons (Fsp3) is 0.462. The summed E-state index contributed by atoms with van der Waals surface area (Å²) < 4.78 is 26.1. The second-order valence-corrected chi connectivity index (χ2v) is 7.51. The molecule has 118 valence electrons. The third-order valence-electron chi connectivity index (χ3n) is 2.60. The van der Waals surface area contributed by atoms with Gasteiger partial charge in [0.2, 0.25) is 15.9 Å². The van der Waals surface area contributed by atoms with Crippen LogP contribution in [0.5, 0.6) is 0 Å². The number of benzene rings is 1. The minimum atomic E-state index is -3.48. The Morgan fingerprint density at radius 1 is 1.33 bits per heavy atom. The number of hydrogen-bond acceptors (Lipinski definition) is 5. The molecule has 1 aromatic carbocycles. The summed E-state index contributed by atoms with van der Waals surface area (Å²) >= 11 is 1.43. The smallest absolute Gasteiger partial charge is 0.237 e. The average Bonchev–Trinajstić information content (AvgIpc) is 2.40. The Kier molecular flexibility index (Phi) is 7.00. The fourth-order valence-corrected chi connectivity index (χ4v) is 4.08. The highest BCUT2D eigenvalue weighted by molar-refractivity contribution is 8.00. The lowest BCUT2D eigenvalue weighted by Crippen LogP contribution is -2.45. The van der Waals surface area contributed by atoms with Crippen LogP contribution in [0.1, 0.15) is 13.8 Å². The van der Waals surface area contributed by atoms with Gasteiger partial charge in [-0.05, 0) is 38.1 Å². The Hall–Kier alpha value is -1.25. The van der Waals surface area contributed by atoms with Gasteiger partial charge >= 0.3 is 0 Å². The van der Waals surface area contributed by atoms with E-state index in [2.05, 4.69) is 10.0 Å². The van der Waals surface area contributed by atoms with Gasteiger partial charge < -0.3 is 11.1 Å². The number of nitrogens with one attached hydrogen (secondary N) is 2. The first-order valence-electron chi connectivity index (χ1n) is 6.60. The second-order valence-electron chi connectivity index (χ2n) is 4.47. The Balaban J connectivity index is 2.42. The Morgan fingerprint density at radius 2 is 1.95 bits per heavy atom. The fourth-order valence-electron chi connectivity index (χ4n) is 1.54. The van der Waals surface area contributed by atoms with Gasteiger partial charge in [0, 0.05) is 22.9 Å². The van der Waals surface area contributed by atoms with Crippen molar-refractivity contribution in [3.63, 3.8) is 0 Å². The minimum absolute atomic E-state index is 0.0498. The van der Waals surface area contributed by atoms with Crippen LogP contribution in [0.15, 0.2) is 29.2 Å². The number of amides is 1. The molecule has 0 radical (unpaired) electrons. The lowest BCUT2D eigenvalue weighted by Gasteiger charge is -2.13. The molecule has 1 atom stereocenters. The molecule has 0 saturated heterocycles. The van der Waals surface area contributed by atoms with E-state index >= 15 is 0 Å². The molecule has 4 N–H and O–H groups in total.